The number of rotatable bonds is 2. The van der Waals surface area contributed by atoms with Gasteiger partial charge in [-0.25, -0.2) is 14.2 Å². The normalized spacial score (nSPS) is 10.6. The third kappa shape index (κ3) is 2.67. The van der Waals surface area contributed by atoms with Crippen LogP contribution < -0.4 is 11.2 Å². The predicted molar refractivity (Wildman–Crippen MR) is 83.4 cm³/mol. The molecule has 1 aromatic heterocycles. The molecular weight excluding hydrogens is 331 g/mol. The van der Waals surface area contributed by atoms with Gasteiger partial charge in [-0.05, 0) is 19.1 Å². The summed E-state index contributed by atoms with van der Waals surface area (Å²) in [4.78, 5) is 36.2. The smallest absolute Gasteiger partial charge is 0.339 e. The van der Waals surface area contributed by atoms with Crippen molar-refractivity contribution in [1.82, 2.24) is 9.13 Å². The van der Waals surface area contributed by atoms with Crippen molar-refractivity contribution < 1.29 is 9.53 Å². The van der Waals surface area contributed by atoms with Crippen molar-refractivity contribution in [3.05, 3.63) is 60.3 Å². The first-order chi connectivity index (χ1) is 10.3. The molecule has 1 aromatic carbocycles. The molecule has 116 valence electrons. The van der Waals surface area contributed by atoms with Gasteiger partial charge in [0, 0.05) is 18.8 Å². The highest BCUT2D eigenvalue weighted by Crippen LogP contribution is 2.27. The summed E-state index contributed by atoms with van der Waals surface area (Å²) in [5.41, 5.74) is -0.551. The summed E-state index contributed by atoms with van der Waals surface area (Å²) < 4.78 is 6.78. The van der Waals surface area contributed by atoms with E-state index < -0.39 is 17.2 Å². The van der Waals surface area contributed by atoms with Gasteiger partial charge >= 0.3 is 11.7 Å². The Labute approximate surface area is 135 Å². The second-order valence-electron chi connectivity index (χ2n) is 4.58. The summed E-state index contributed by atoms with van der Waals surface area (Å²) in [7, 11) is 2.72. The Kier molecular flexibility index (Phi) is 4.44. The van der Waals surface area contributed by atoms with Crippen LogP contribution in [0.15, 0.2) is 27.8 Å². The number of benzene rings is 1. The Morgan fingerprint density at radius 2 is 1.77 bits per heavy atom. The first kappa shape index (κ1) is 16.3. The van der Waals surface area contributed by atoms with Crippen LogP contribution in [0.25, 0.3) is 5.69 Å². The molecule has 0 aliphatic carbocycles. The molecule has 2 rings (SSSR count). The number of aryl methyl sites for hydroxylation is 1. The third-order valence-electron chi connectivity index (χ3n) is 3.24. The number of ether oxygens (including phenoxy) is 1. The van der Waals surface area contributed by atoms with Crippen LogP contribution in [-0.2, 0) is 11.8 Å². The van der Waals surface area contributed by atoms with Crippen LogP contribution in [0.5, 0.6) is 0 Å². The van der Waals surface area contributed by atoms with Crippen molar-refractivity contribution in [3.8, 4) is 5.69 Å². The first-order valence-electron chi connectivity index (χ1n) is 6.15. The van der Waals surface area contributed by atoms with E-state index in [9.17, 15) is 14.4 Å². The Hall–Kier alpha value is -2.05. The van der Waals surface area contributed by atoms with Gasteiger partial charge in [-0.2, -0.15) is 0 Å². The number of hydrogen-bond acceptors (Lipinski definition) is 4. The molecule has 22 heavy (non-hydrogen) atoms. The van der Waals surface area contributed by atoms with Gasteiger partial charge in [-0.15, -0.1) is 0 Å². The molecule has 0 spiro atoms. The van der Waals surface area contributed by atoms with Crippen molar-refractivity contribution >= 4 is 29.2 Å². The minimum absolute atomic E-state index is 0.0121. The van der Waals surface area contributed by atoms with Crippen molar-refractivity contribution in [3.63, 3.8) is 0 Å². The Bertz CT molecular complexity index is 884. The number of carbonyl (C=O) groups excluding carboxylic acids is 1. The molecule has 6 nitrogen and oxygen atoms in total. The number of carbonyl (C=O) groups is 1. The highest BCUT2D eigenvalue weighted by molar-refractivity contribution is 6.37. The molecule has 0 N–H and O–H groups in total. The SMILES string of the molecule is COC(=O)c1cc(-n2c(=O)cc(C)n(C)c2=O)c(Cl)cc1Cl. The van der Waals surface area contributed by atoms with Crippen LogP contribution in [0.4, 0.5) is 0 Å². The molecule has 0 fully saturated rings. The summed E-state index contributed by atoms with van der Waals surface area (Å²) >= 11 is 12.0. The summed E-state index contributed by atoms with van der Waals surface area (Å²) in [5.74, 6) is -0.695. The van der Waals surface area contributed by atoms with Gasteiger partial charge in [0.2, 0.25) is 0 Å². The third-order valence-corrected chi connectivity index (χ3v) is 3.86. The standard InChI is InChI=1S/C14H12Cl2N2O4/c1-7-4-12(19)18(14(21)17(7)2)11-5-8(13(20)22-3)9(15)6-10(11)16/h4-6H,1-3H3. The number of halogens is 2. The van der Waals surface area contributed by atoms with Gasteiger partial charge in [-0.3, -0.25) is 4.79 Å². The summed E-state index contributed by atoms with van der Waals surface area (Å²) in [6, 6.07) is 3.84. The highest BCUT2D eigenvalue weighted by Gasteiger charge is 2.18. The Morgan fingerprint density at radius 3 is 2.36 bits per heavy atom. The van der Waals surface area contributed by atoms with Gasteiger partial charge in [0.25, 0.3) is 5.56 Å². The fourth-order valence-electron chi connectivity index (χ4n) is 1.93. The minimum Gasteiger partial charge on any atom is -0.465 e. The number of nitrogens with zero attached hydrogens (tertiary/aromatic N) is 2. The van der Waals surface area contributed by atoms with Gasteiger partial charge in [-0.1, -0.05) is 23.2 Å². The largest absolute Gasteiger partial charge is 0.465 e. The molecule has 8 heteroatoms. The molecule has 1 heterocycles. The molecule has 0 aliphatic heterocycles. The molecule has 0 amide bonds. The van der Waals surface area contributed by atoms with E-state index in [1.807, 2.05) is 0 Å². The molecule has 0 atom stereocenters. The fourth-order valence-corrected chi connectivity index (χ4v) is 2.48. The zero-order chi connectivity index (χ0) is 16.6. The summed E-state index contributed by atoms with van der Waals surface area (Å²) in [6.07, 6.45) is 0. The van der Waals surface area contributed by atoms with Crippen LogP contribution >= 0.6 is 23.2 Å². The maximum atomic E-state index is 12.3. The summed E-state index contributed by atoms with van der Waals surface area (Å²) in [5, 5.41) is 0.137. The number of hydrogen-bond donors (Lipinski definition) is 0. The van der Waals surface area contributed by atoms with E-state index in [1.54, 1.807) is 6.92 Å². The maximum Gasteiger partial charge on any atom is 0.339 e. The zero-order valence-corrected chi connectivity index (χ0v) is 13.5. The number of aromatic nitrogens is 2. The van der Waals surface area contributed by atoms with Crippen molar-refractivity contribution in [2.75, 3.05) is 7.11 Å². The van der Waals surface area contributed by atoms with Gasteiger partial charge in [0.05, 0.1) is 28.4 Å². The van der Waals surface area contributed by atoms with E-state index in [1.165, 1.54) is 36.9 Å². The quantitative estimate of drug-likeness (QED) is 0.782. The topological polar surface area (TPSA) is 70.3 Å². The number of methoxy groups -OCH3 is 1. The molecule has 0 saturated heterocycles. The van der Waals surface area contributed by atoms with Crippen LogP contribution in [0.1, 0.15) is 16.1 Å². The molecule has 2 aromatic rings. The van der Waals surface area contributed by atoms with Crippen molar-refractivity contribution in [1.29, 1.82) is 0 Å². The van der Waals surface area contributed by atoms with Crippen LogP contribution in [0.3, 0.4) is 0 Å². The van der Waals surface area contributed by atoms with Crippen molar-refractivity contribution in [2.24, 2.45) is 7.05 Å². The number of esters is 1. The summed E-state index contributed by atoms with van der Waals surface area (Å²) in [6.45, 7) is 1.64. The molecular formula is C14H12Cl2N2O4. The molecule has 0 radical (unpaired) electrons. The van der Waals surface area contributed by atoms with Gasteiger partial charge < -0.3 is 9.30 Å². The van der Waals surface area contributed by atoms with Crippen LogP contribution in [-0.4, -0.2) is 22.2 Å². The van der Waals surface area contributed by atoms with E-state index in [0.29, 0.717) is 5.69 Å². The van der Waals surface area contributed by atoms with Gasteiger partial charge in [0.15, 0.2) is 0 Å². The lowest BCUT2D eigenvalue weighted by Crippen LogP contribution is -2.38. The predicted octanol–water partition coefficient (Wildman–Crippen LogP) is 1.94. The lowest BCUT2D eigenvalue weighted by atomic mass is 10.2. The van der Waals surface area contributed by atoms with E-state index in [4.69, 9.17) is 23.2 Å². The molecule has 0 aliphatic rings. The molecule has 0 bridgehead atoms. The fraction of sp³-hybridized carbons (Fsp3) is 0.214. The monoisotopic (exact) mass is 342 g/mol. The Balaban J connectivity index is 2.85. The average Bonchev–Trinajstić information content (AvgIpc) is 2.46. The molecule has 0 saturated carbocycles. The van der Waals surface area contributed by atoms with E-state index in [2.05, 4.69) is 4.74 Å². The first-order valence-corrected chi connectivity index (χ1v) is 6.91. The Morgan fingerprint density at radius 1 is 1.14 bits per heavy atom. The highest BCUT2D eigenvalue weighted by atomic mass is 35.5. The van der Waals surface area contributed by atoms with Crippen LogP contribution in [0.2, 0.25) is 10.0 Å². The lowest BCUT2D eigenvalue weighted by Gasteiger charge is -2.12. The van der Waals surface area contributed by atoms with Crippen LogP contribution in [0, 0.1) is 6.92 Å². The van der Waals surface area contributed by atoms with Gasteiger partial charge in [0.1, 0.15) is 0 Å². The van der Waals surface area contributed by atoms with Crippen molar-refractivity contribution in [2.45, 2.75) is 6.92 Å². The van der Waals surface area contributed by atoms with E-state index >= 15 is 0 Å². The zero-order valence-electron chi connectivity index (χ0n) is 12.0. The second-order valence-corrected chi connectivity index (χ2v) is 5.39. The molecule has 0 unspecified atom stereocenters. The lowest BCUT2D eigenvalue weighted by molar-refractivity contribution is 0.0601. The maximum absolute atomic E-state index is 12.3. The minimum atomic E-state index is -0.695. The van der Waals surface area contributed by atoms with E-state index in [-0.39, 0.29) is 21.3 Å². The van der Waals surface area contributed by atoms with E-state index in [0.717, 1.165) is 4.57 Å². The second kappa shape index (κ2) is 5.98. The average molecular weight is 343 g/mol.